The first-order valence-corrected chi connectivity index (χ1v) is 9.60. The van der Waals surface area contributed by atoms with Gasteiger partial charge < -0.3 is 13.9 Å². The minimum absolute atomic E-state index is 0.321. The number of esters is 2. The molecule has 3 aromatic carbocycles. The average molecular weight is 400 g/mol. The number of ether oxygens (including phenoxy) is 2. The number of carbonyl (C=O) groups excluding carboxylic acids is 2. The van der Waals surface area contributed by atoms with E-state index >= 15 is 0 Å². The number of fused-ring (bicyclic) bond motifs is 1. The maximum atomic E-state index is 12.1. The monoisotopic (exact) mass is 400 g/mol. The standard InChI is InChI=1S/C25H20O5/c1-3-29-25(27)18-11-9-16(10-12-18)22-20-15-19(24(26)28-2)13-14-21(20)30-23(22)17-7-5-4-6-8-17/h4-15H,3H2,1-2H3. The van der Waals surface area contributed by atoms with Crippen LogP contribution >= 0.6 is 0 Å². The molecule has 0 amide bonds. The van der Waals surface area contributed by atoms with E-state index in [-0.39, 0.29) is 5.97 Å². The average Bonchev–Trinajstić information content (AvgIpc) is 3.18. The first-order valence-electron chi connectivity index (χ1n) is 9.60. The van der Waals surface area contributed by atoms with Crippen molar-refractivity contribution in [2.24, 2.45) is 0 Å². The minimum atomic E-state index is -0.414. The van der Waals surface area contributed by atoms with E-state index < -0.39 is 5.97 Å². The molecule has 0 spiro atoms. The molecule has 150 valence electrons. The Morgan fingerprint density at radius 3 is 2.20 bits per heavy atom. The molecule has 0 saturated carbocycles. The normalized spacial score (nSPS) is 10.7. The Bertz CT molecular complexity index is 1200. The van der Waals surface area contributed by atoms with E-state index in [0.29, 0.717) is 29.1 Å². The quantitative estimate of drug-likeness (QED) is 0.400. The zero-order chi connectivity index (χ0) is 21.1. The molecular formula is C25H20O5. The van der Waals surface area contributed by atoms with Crippen LogP contribution in [0.4, 0.5) is 0 Å². The number of hydrogen-bond acceptors (Lipinski definition) is 5. The van der Waals surface area contributed by atoms with Gasteiger partial charge in [0.1, 0.15) is 11.3 Å². The summed E-state index contributed by atoms with van der Waals surface area (Å²) >= 11 is 0. The molecule has 0 saturated heterocycles. The van der Waals surface area contributed by atoms with Crippen LogP contribution in [0.15, 0.2) is 77.2 Å². The van der Waals surface area contributed by atoms with E-state index in [1.165, 1.54) is 7.11 Å². The highest BCUT2D eigenvalue weighted by Gasteiger charge is 2.20. The largest absolute Gasteiger partial charge is 0.465 e. The lowest BCUT2D eigenvalue weighted by Gasteiger charge is -2.06. The van der Waals surface area contributed by atoms with Gasteiger partial charge in [0.2, 0.25) is 0 Å². The second-order valence-corrected chi connectivity index (χ2v) is 6.67. The smallest absolute Gasteiger partial charge is 0.338 e. The van der Waals surface area contributed by atoms with Gasteiger partial charge in [0.25, 0.3) is 0 Å². The Labute approximate surface area is 173 Å². The van der Waals surface area contributed by atoms with Crippen molar-refractivity contribution in [1.82, 2.24) is 0 Å². The van der Waals surface area contributed by atoms with Crippen LogP contribution in [-0.4, -0.2) is 25.7 Å². The third-order valence-corrected chi connectivity index (χ3v) is 4.83. The predicted octanol–water partition coefficient (Wildman–Crippen LogP) is 5.73. The van der Waals surface area contributed by atoms with E-state index in [0.717, 1.165) is 22.1 Å². The molecule has 4 aromatic rings. The summed E-state index contributed by atoms with van der Waals surface area (Å²) in [4.78, 5) is 24.1. The molecule has 0 aliphatic carbocycles. The summed E-state index contributed by atoms with van der Waals surface area (Å²) < 4.78 is 16.1. The SMILES string of the molecule is CCOC(=O)c1ccc(-c2c(-c3ccccc3)oc3ccc(C(=O)OC)cc23)cc1. The van der Waals surface area contributed by atoms with Gasteiger partial charge in [-0.3, -0.25) is 0 Å². The van der Waals surface area contributed by atoms with Gasteiger partial charge in [0.05, 0.1) is 24.8 Å². The molecule has 30 heavy (non-hydrogen) atoms. The number of benzene rings is 3. The molecule has 4 rings (SSSR count). The van der Waals surface area contributed by atoms with Crippen molar-refractivity contribution in [3.8, 4) is 22.5 Å². The van der Waals surface area contributed by atoms with Crippen molar-refractivity contribution < 1.29 is 23.5 Å². The Balaban J connectivity index is 1.91. The van der Waals surface area contributed by atoms with Crippen molar-refractivity contribution in [2.45, 2.75) is 6.92 Å². The Kier molecular flexibility index (Phi) is 5.35. The van der Waals surface area contributed by atoms with Gasteiger partial charge >= 0.3 is 11.9 Å². The lowest BCUT2D eigenvalue weighted by atomic mass is 9.97. The van der Waals surface area contributed by atoms with Crippen LogP contribution in [0, 0.1) is 0 Å². The van der Waals surface area contributed by atoms with Gasteiger partial charge in [-0.1, -0.05) is 42.5 Å². The molecule has 0 bridgehead atoms. The molecule has 5 heteroatoms. The van der Waals surface area contributed by atoms with Crippen molar-refractivity contribution in [1.29, 1.82) is 0 Å². The van der Waals surface area contributed by atoms with Gasteiger partial charge in [-0.2, -0.15) is 0 Å². The van der Waals surface area contributed by atoms with Gasteiger partial charge in [0.15, 0.2) is 0 Å². The van der Waals surface area contributed by atoms with Crippen LogP contribution in [0.2, 0.25) is 0 Å². The van der Waals surface area contributed by atoms with Crippen molar-refractivity contribution in [2.75, 3.05) is 13.7 Å². The van der Waals surface area contributed by atoms with Crippen LogP contribution in [0.3, 0.4) is 0 Å². The zero-order valence-electron chi connectivity index (χ0n) is 16.7. The van der Waals surface area contributed by atoms with Crippen molar-refractivity contribution in [3.63, 3.8) is 0 Å². The molecule has 0 aliphatic heterocycles. The summed E-state index contributed by atoms with van der Waals surface area (Å²) in [5.74, 6) is -0.0863. The summed E-state index contributed by atoms with van der Waals surface area (Å²) in [7, 11) is 1.35. The third kappa shape index (κ3) is 3.57. The number of rotatable bonds is 5. The molecule has 0 radical (unpaired) electrons. The fourth-order valence-electron chi connectivity index (χ4n) is 3.41. The van der Waals surface area contributed by atoms with Crippen LogP contribution in [-0.2, 0) is 9.47 Å². The van der Waals surface area contributed by atoms with Crippen LogP contribution in [0.5, 0.6) is 0 Å². The van der Waals surface area contributed by atoms with Crippen LogP contribution < -0.4 is 0 Å². The van der Waals surface area contributed by atoms with E-state index in [9.17, 15) is 9.59 Å². The predicted molar refractivity (Wildman–Crippen MR) is 114 cm³/mol. The van der Waals surface area contributed by atoms with Gasteiger partial charge in [-0.25, -0.2) is 9.59 Å². The van der Waals surface area contributed by atoms with E-state index in [2.05, 4.69) is 0 Å². The lowest BCUT2D eigenvalue weighted by Crippen LogP contribution is -2.04. The number of carbonyl (C=O) groups is 2. The molecule has 0 unspecified atom stereocenters. The van der Waals surface area contributed by atoms with Crippen LogP contribution in [0.25, 0.3) is 33.4 Å². The first kappa shape index (κ1) is 19.5. The number of methoxy groups -OCH3 is 1. The fourth-order valence-corrected chi connectivity index (χ4v) is 3.41. The summed E-state index contributed by atoms with van der Waals surface area (Å²) in [5.41, 5.74) is 4.20. The first-order chi connectivity index (χ1) is 14.6. The highest BCUT2D eigenvalue weighted by atomic mass is 16.5. The molecule has 0 N–H and O–H groups in total. The molecule has 1 aromatic heterocycles. The summed E-state index contributed by atoms with van der Waals surface area (Å²) in [6.07, 6.45) is 0. The van der Waals surface area contributed by atoms with Gasteiger partial charge in [-0.15, -0.1) is 0 Å². The van der Waals surface area contributed by atoms with Crippen molar-refractivity contribution >= 4 is 22.9 Å². The second kappa shape index (κ2) is 8.25. The molecule has 1 heterocycles. The second-order valence-electron chi connectivity index (χ2n) is 6.67. The van der Waals surface area contributed by atoms with Crippen LogP contribution in [0.1, 0.15) is 27.6 Å². The number of hydrogen-bond donors (Lipinski definition) is 0. The Morgan fingerprint density at radius 1 is 0.833 bits per heavy atom. The Hall–Kier alpha value is -3.86. The maximum Gasteiger partial charge on any atom is 0.338 e. The molecule has 5 nitrogen and oxygen atoms in total. The third-order valence-electron chi connectivity index (χ3n) is 4.83. The Morgan fingerprint density at radius 2 is 1.53 bits per heavy atom. The van der Waals surface area contributed by atoms with Gasteiger partial charge in [-0.05, 0) is 42.8 Å². The maximum absolute atomic E-state index is 12.1. The van der Waals surface area contributed by atoms with Gasteiger partial charge in [0, 0.05) is 16.5 Å². The summed E-state index contributed by atoms with van der Waals surface area (Å²) in [6.45, 7) is 2.09. The molecule has 0 aliphatic rings. The highest BCUT2D eigenvalue weighted by molar-refractivity contribution is 6.05. The van der Waals surface area contributed by atoms with Crippen molar-refractivity contribution in [3.05, 3.63) is 83.9 Å². The summed E-state index contributed by atoms with van der Waals surface area (Å²) in [5, 5.41) is 0.792. The number of furan rings is 1. The zero-order valence-corrected chi connectivity index (χ0v) is 16.7. The summed E-state index contributed by atoms with van der Waals surface area (Å²) in [6, 6.07) is 22.1. The van der Waals surface area contributed by atoms with E-state index in [1.54, 1.807) is 37.3 Å². The molecule has 0 fully saturated rings. The molecule has 0 atom stereocenters. The lowest BCUT2D eigenvalue weighted by molar-refractivity contribution is 0.0525. The van der Waals surface area contributed by atoms with E-state index in [4.69, 9.17) is 13.9 Å². The minimum Gasteiger partial charge on any atom is -0.465 e. The van der Waals surface area contributed by atoms with E-state index in [1.807, 2.05) is 42.5 Å². The molecular weight excluding hydrogens is 380 g/mol. The topological polar surface area (TPSA) is 65.7 Å². The highest BCUT2D eigenvalue weighted by Crippen LogP contribution is 2.41. The fraction of sp³-hybridized carbons (Fsp3) is 0.120.